The third-order valence-corrected chi connectivity index (χ3v) is 4.21. The van der Waals surface area contributed by atoms with Crippen molar-refractivity contribution in [2.45, 2.75) is 26.0 Å². The Bertz CT molecular complexity index is 992. The highest BCUT2D eigenvalue weighted by atomic mass is 35.5. The Labute approximate surface area is 155 Å². The highest BCUT2D eigenvalue weighted by Gasteiger charge is 2.20. The van der Waals surface area contributed by atoms with Gasteiger partial charge in [-0.25, -0.2) is 14.2 Å². The maximum absolute atomic E-state index is 13.9. The van der Waals surface area contributed by atoms with Gasteiger partial charge in [0.2, 0.25) is 0 Å². The molecule has 2 heterocycles. The van der Waals surface area contributed by atoms with Gasteiger partial charge in [-0.2, -0.15) is 0 Å². The van der Waals surface area contributed by atoms with Gasteiger partial charge in [0, 0.05) is 17.1 Å². The van der Waals surface area contributed by atoms with E-state index in [0.717, 1.165) is 10.9 Å². The fourth-order valence-corrected chi connectivity index (χ4v) is 2.93. The number of carbonyl (C=O) groups excluding carboxylic acids is 1. The zero-order valence-electron chi connectivity index (χ0n) is 14.6. The Morgan fingerprint density at radius 2 is 2.08 bits per heavy atom. The van der Waals surface area contributed by atoms with Crippen molar-refractivity contribution in [3.63, 3.8) is 0 Å². The van der Waals surface area contributed by atoms with Crippen LogP contribution in [0.5, 0.6) is 0 Å². The molecule has 0 fully saturated rings. The zero-order chi connectivity index (χ0) is 19.1. The maximum Gasteiger partial charge on any atom is 0.356 e. The number of pyridine rings is 1. The van der Waals surface area contributed by atoms with E-state index in [1.165, 1.54) is 19.2 Å². The molecule has 5 nitrogen and oxygen atoms in total. The summed E-state index contributed by atoms with van der Waals surface area (Å²) in [6.07, 6.45) is 1.78. The Balaban J connectivity index is 2.23. The molecule has 0 radical (unpaired) electrons. The summed E-state index contributed by atoms with van der Waals surface area (Å²) in [5.41, 5.74) is 1.00. The largest absolute Gasteiger partial charge is 0.464 e. The van der Waals surface area contributed by atoms with Crippen LogP contribution in [0.15, 0.2) is 36.5 Å². The topological polar surface area (TPSA) is 64.3 Å². The molecule has 136 valence electrons. The molecule has 0 spiro atoms. The SMILES string of the molecule is COC(=O)c1ccc2c(-c3ccc(Cl)c(F)c3)cn(CC(C)(C)O)c2n1. The molecule has 2 aromatic heterocycles. The van der Waals surface area contributed by atoms with Crippen molar-refractivity contribution in [2.24, 2.45) is 0 Å². The number of aliphatic hydroxyl groups is 1. The van der Waals surface area contributed by atoms with Crippen LogP contribution in [0, 0.1) is 5.82 Å². The van der Waals surface area contributed by atoms with Crippen molar-refractivity contribution in [3.8, 4) is 11.1 Å². The molecule has 0 unspecified atom stereocenters. The fourth-order valence-electron chi connectivity index (χ4n) is 2.81. The van der Waals surface area contributed by atoms with Crippen LogP contribution in [-0.4, -0.2) is 33.3 Å². The molecule has 0 saturated carbocycles. The summed E-state index contributed by atoms with van der Waals surface area (Å²) in [4.78, 5) is 16.2. The summed E-state index contributed by atoms with van der Waals surface area (Å²) in [5.74, 6) is -1.08. The standard InChI is InChI=1S/C19H18ClFN2O3/c1-19(2,25)10-23-9-13(11-4-6-14(20)15(21)8-11)12-5-7-16(18(24)26-3)22-17(12)23/h4-9,25H,10H2,1-3H3. The van der Waals surface area contributed by atoms with Crippen molar-refractivity contribution >= 4 is 28.6 Å². The highest BCUT2D eigenvalue weighted by molar-refractivity contribution is 6.30. The molecule has 0 amide bonds. The Morgan fingerprint density at radius 1 is 1.35 bits per heavy atom. The van der Waals surface area contributed by atoms with E-state index in [1.54, 1.807) is 42.8 Å². The van der Waals surface area contributed by atoms with Gasteiger partial charge in [0.15, 0.2) is 5.69 Å². The predicted molar refractivity (Wildman–Crippen MR) is 97.8 cm³/mol. The van der Waals surface area contributed by atoms with E-state index >= 15 is 0 Å². The molecular formula is C19H18ClFN2O3. The van der Waals surface area contributed by atoms with Gasteiger partial charge in [-0.1, -0.05) is 17.7 Å². The van der Waals surface area contributed by atoms with Gasteiger partial charge in [0.25, 0.3) is 0 Å². The number of hydrogen-bond donors (Lipinski definition) is 1. The second-order valence-electron chi connectivity index (χ2n) is 6.67. The summed E-state index contributed by atoms with van der Waals surface area (Å²) < 4.78 is 20.4. The van der Waals surface area contributed by atoms with Crippen LogP contribution >= 0.6 is 11.6 Å². The maximum atomic E-state index is 13.9. The minimum Gasteiger partial charge on any atom is -0.464 e. The molecule has 7 heteroatoms. The van der Waals surface area contributed by atoms with Crippen molar-refractivity contribution in [1.82, 2.24) is 9.55 Å². The Morgan fingerprint density at radius 3 is 2.69 bits per heavy atom. The number of ether oxygens (including phenoxy) is 1. The fraction of sp³-hybridized carbons (Fsp3) is 0.263. The lowest BCUT2D eigenvalue weighted by Gasteiger charge is -2.18. The summed E-state index contributed by atoms with van der Waals surface area (Å²) in [5, 5.41) is 11.0. The molecule has 3 rings (SSSR count). The van der Waals surface area contributed by atoms with Crippen LogP contribution in [0.4, 0.5) is 4.39 Å². The summed E-state index contributed by atoms with van der Waals surface area (Å²) in [6.45, 7) is 3.59. The summed E-state index contributed by atoms with van der Waals surface area (Å²) in [6, 6.07) is 7.83. The normalized spacial score (nSPS) is 11.8. The second-order valence-corrected chi connectivity index (χ2v) is 7.08. The van der Waals surface area contributed by atoms with Gasteiger partial charge >= 0.3 is 5.97 Å². The predicted octanol–water partition coefficient (Wildman–Crippen LogP) is 4.05. The van der Waals surface area contributed by atoms with Crippen LogP contribution in [0.3, 0.4) is 0 Å². The first kappa shape index (κ1) is 18.4. The minimum atomic E-state index is -1.00. The monoisotopic (exact) mass is 376 g/mol. The van der Waals surface area contributed by atoms with Gasteiger partial charge in [0.05, 0.1) is 24.3 Å². The zero-order valence-corrected chi connectivity index (χ0v) is 15.3. The van der Waals surface area contributed by atoms with Crippen molar-refractivity contribution < 1.29 is 19.0 Å². The number of hydrogen-bond acceptors (Lipinski definition) is 4. The number of carbonyl (C=O) groups is 1. The molecule has 0 bridgehead atoms. The number of nitrogens with zero attached hydrogens (tertiary/aromatic N) is 2. The molecule has 1 N–H and O–H groups in total. The lowest BCUT2D eigenvalue weighted by molar-refractivity contribution is 0.0594. The molecule has 3 aromatic rings. The van der Waals surface area contributed by atoms with E-state index in [1.807, 2.05) is 0 Å². The first-order chi connectivity index (χ1) is 12.2. The number of halogens is 2. The molecule has 26 heavy (non-hydrogen) atoms. The first-order valence-corrected chi connectivity index (χ1v) is 8.33. The third-order valence-electron chi connectivity index (χ3n) is 3.90. The van der Waals surface area contributed by atoms with E-state index in [9.17, 15) is 14.3 Å². The van der Waals surface area contributed by atoms with E-state index in [4.69, 9.17) is 16.3 Å². The van der Waals surface area contributed by atoms with Gasteiger partial charge < -0.3 is 14.4 Å². The second kappa shape index (κ2) is 6.70. The number of fused-ring (bicyclic) bond motifs is 1. The van der Waals surface area contributed by atoms with Crippen molar-refractivity contribution in [1.29, 1.82) is 0 Å². The van der Waals surface area contributed by atoms with E-state index < -0.39 is 17.4 Å². The number of aromatic nitrogens is 2. The molecular weight excluding hydrogens is 359 g/mol. The average Bonchev–Trinajstić information content (AvgIpc) is 2.92. The van der Waals surface area contributed by atoms with E-state index in [-0.39, 0.29) is 17.3 Å². The molecule has 1 aromatic carbocycles. The van der Waals surface area contributed by atoms with Gasteiger partial charge in [-0.05, 0) is 43.7 Å². The quantitative estimate of drug-likeness (QED) is 0.697. The minimum absolute atomic E-state index is 0.0417. The average molecular weight is 377 g/mol. The Hall–Kier alpha value is -2.44. The highest BCUT2D eigenvalue weighted by Crippen LogP contribution is 2.32. The van der Waals surface area contributed by atoms with Gasteiger partial charge in [-0.15, -0.1) is 0 Å². The lowest BCUT2D eigenvalue weighted by atomic mass is 10.1. The molecule has 0 saturated heterocycles. The van der Waals surface area contributed by atoms with Crippen molar-refractivity contribution in [3.05, 3.63) is 53.1 Å². The van der Waals surface area contributed by atoms with Crippen LogP contribution in [-0.2, 0) is 11.3 Å². The molecule has 0 aliphatic rings. The molecule has 0 aliphatic carbocycles. The van der Waals surface area contributed by atoms with Crippen LogP contribution in [0.1, 0.15) is 24.3 Å². The summed E-state index contributed by atoms with van der Waals surface area (Å²) >= 11 is 5.77. The number of esters is 1. The molecule has 0 atom stereocenters. The third kappa shape index (κ3) is 3.57. The number of benzene rings is 1. The van der Waals surface area contributed by atoms with E-state index in [2.05, 4.69) is 4.98 Å². The van der Waals surface area contributed by atoms with Crippen LogP contribution < -0.4 is 0 Å². The number of methoxy groups -OCH3 is 1. The summed E-state index contributed by atoms with van der Waals surface area (Å²) in [7, 11) is 1.28. The van der Waals surface area contributed by atoms with Gasteiger partial charge in [0.1, 0.15) is 11.5 Å². The number of rotatable bonds is 4. The lowest BCUT2D eigenvalue weighted by Crippen LogP contribution is -2.25. The van der Waals surface area contributed by atoms with Crippen molar-refractivity contribution in [2.75, 3.05) is 7.11 Å². The molecule has 0 aliphatic heterocycles. The Kier molecular flexibility index (Phi) is 4.73. The van der Waals surface area contributed by atoms with E-state index in [0.29, 0.717) is 11.2 Å². The van der Waals surface area contributed by atoms with Crippen LogP contribution in [0.25, 0.3) is 22.2 Å². The van der Waals surface area contributed by atoms with Crippen LogP contribution in [0.2, 0.25) is 5.02 Å². The smallest absolute Gasteiger partial charge is 0.356 e. The van der Waals surface area contributed by atoms with Gasteiger partial charge in [-0.3, -0.25) is 0 Å². The first-order valence-electron chi connectivity index (χ1n) is 7.95.